The molecule has 0 spiro atoms. The highest BCUT2D eigenvalue weighted by atomic mass is 32.2. The van der Waals surface area contributed by atoms with Crippen LogP contribution in [0.15, 0.2) is 35.2 Å². The van der Waals surface area contributed by atoms with Gasteiger partial charge in [-0.1, -0.05) is 31.5 Å². The zero-order valence-corrected chi connectivity index (χ0v) is 12.3. The van der Waals surface area contributed by atoms with Crippen molar-refractivity contribution >= 4 is 16.0 Å². The van der Waals surface area contributed by atoms with Crippen LogP contribution in [0.25, 0.3) is 0 Å². The Morgan fingerprint density at radius 2 is 2.00 bits per heavy atom. The number of rotatable bonds is 5. The molecule has 0 aromatic heterocycles. The van der Waals surface area contributed by atoms with E-state index < -0.39 is 21.5 Å². The topological polar surface area (TPSA) is 74.7 Å². The third-order valence-electron chi connectivity index (χ3n) is 3.82. The van der Waals surface area contributed by atoms with Crippen LogP contribution in [0.1, 0.15) is 32.6 Å². The Morgan fingerprint density at radius 1 is 1.35 bits per heavy atom. The van der Waals surface area contributed by atoms with E-state index in [0.29, 0.717) is 25.7 Å². The molecule has 0 bridgehead atoms. The second kappa shape index (κ2) is 5.54. The van der Waals surface area contributed by atoms with E-state index in [9.17, 15) is 18.3 Å². The number of nitrogens with zero attached hydrogens (tertiary/aromatic N) is 1. The average molecular weight is 297 g/mol. The molecule has 1 heterocycles. The molecule has 5 nitrogen and oxygen atoms in total. The number of carboxylic acid groups (broad SMARTS) is 1. The first kappa shape index (κ1) is 15.0. The molecule has 0 amide bonds. The van der Waals surface area contributed by atoms with Gasteiger partial charge in [0.1, 0.15) is 5.54 Å². The van der Waals surface area contributed by atoms with Crippen molar-refractivity contribution < 1.29 is 18.3 Å². The van der Waals surface area contributed by atoms with Gasteiger partial charge in [0.25, 0.3) is 0 Å². The summed E-state index contributed by atoms with van der Waals surface area (Å²) >= 11 is 0. The molecule has 1 saturated heterocycles. The molecule has 6 heteroatoms. The van der Waals surface area contributed by atoms with Crippen LogP contribution in [-0.4, -0.2) is 35.9 Å². The monoisotopic (exact) mass is 297 g/mol. The Hall–Kier alpha value is -1.40. The Kier molecular flexibility index (Phi) is 4.15. The maximum absolute atomic E-state index is 12.7. The van der Waals surface area contributed by atoms with Gasteiger partial charge < -0.3 is 5.11 Å². The van der Waals surface area contributed by atoms with Crippen LogP contribution in [0.5, 0.6) is 0 Å². The van der Waals surface area contributed by atoms with Crippen molar-refractivity contribution in [1.82, 2.24) is 4.31 Å². The van der Waals surface area contributed by atoms with E-state index in [2.05, 4.69) is 0 Å². The third kappa shape index (κ3) is 2.33. The molecule has 1 aromatic rings. The number of benzene rings is 1. The number of aliphatic carboxylic acids is 1. The van der Waals surface area contributed by atoms with Crippen molar-refractivity contribution in [3.63, 3.8) is 0 Å². The molecule has 2 rings (SSSR count). The average Bonchev–Trinajstić information content (AvgIpc) is 2.86. The van der Waals surface area contributed by atoms with E-state index in [1.165, 1.54) is 16.4 Å². The maximum atomic E-state index is 12.7. The van der Waals surface area contributed by atoms with Crippen LogP contribution in [0, 0.1) is 0 Å². The molecule has 0 saturated carbocycles. The highest BCUT2D eigenvalue weighted by Crippen LogP contribution is 2.38. The normalized spacial score (nSPS) is 23.9. The van der Waals surface area contributed by atoms with Gasteiger partial charge in [0.15, 0.2) is 0 Å². The summed E-state index contributed by atoms with van der Waals surface area (Å²) in [5.41, 5.74) is -1.29. The number of hydrogen-bond acceptors (Lipinski definition) is 3. The predicted molar refractivity (Wildman–Crippen MR) is 74.8 cm³/mol. The molecule has 1 N–H and O–H groups in total. The number of carbonyl (C=O) groups is 1. The molecule has 1 aliphatic heterocycles. The van der Waals surface area contributed by atoms with Gasteiger partial charge in [0, 0.05) is 6.54 Å². The van der Waals surface area contributed by atoms with Gasteiger partial charge >= 0.3 is 5.97 Å². The molecular weight excluding hydrogens is 278 g/mol. The Bertz CT molecular complexity index is 584. The van der Waals surface area contributed by atoms with E-state index in [-0.39, 0.29) is 11.4 Å². The zero-order chi connectivity index (χ0) is 14.8. The van der Waals surface area contributed by atoms with Crippen LogP contribution >= 0.6 is 0 Å². The first-order chi connectivity index (χ1) is 9.45. The third-order valence-corrected chi connectivity index (χ3v) is 5.80. The van der Waals surface area contributed by atoms with Gasteiger partial charge in [-0.25, -0.2) is 8.42 Å². The van der Waals surface area contributed by atoms with Crippen molar-refractivity contribution in [2.75, 3.05) is 6.54 Å². The van der Waals surface area contributed by atoms with Crippen molar-refractivity contribution in [3.05, 3.63) is 30.3 Å². The molecular formula is C14H19NO4S. The van der Waals surface area contributed by atoms with Crippen LogP contribution in [0.2, 0.25) is 0 Å². The molecule has 20 heavy (non-hydrogen) atoms. The summed E-state index contributed by atoms with van der Waals surface area (Å²) in [6.45, 7) is 2.14. The summed E-state index contributed by atoms with van der Waals surface area (Å²) in [5, 5.41) is 9.57. The minimum absolute atomic E-state index is 0.156. The summed E-state index contributed by atoms with van der Waals surface area (Å²) in [5.74, 6) is -1.05. The summed E-state index contributed by atoms with van der Waals surface area (Å²) in [4.78, 5) is 11.9. The fourth-order valence-corrected chi connectivity index (χ4v) is 4.75. The van der Waals surface area contributed by atoms with Crippen molar-refractivity contribution in [2.24, 2.45) is 0 Å². The molecule has 1 aromatic carbocycles. The van der Waals surface area contributed by atoms with Gasteiger partial charge in [-0.15, -0.1) is 0 Å². The van der Waals surface area contributed by atoms with Crippen LogP contribution in [0.4, 0.5) is 0 Å². The van der Waals surface area contributed by atoms with E-state index in [0.717, 1.165) is 0 Å². The van der Waals surface area contributed by atoms with E-state index >= 15 is 0 Å². The van der Waals surface area contributed by atoms with Gasteiger partial charge in [-0.2, -0.15) is 4.31 Å². The predicted octanol–water partition coefficient (Wildman–Crippen LogP) is 2.09. The van der Waals surface area contributed by atoms with Gasteiger partial charge in [0.05, 0.1) is 4.90 Å². The molecule has 0 unspecified atom stereocenters. The number of hydrogen-bond donors (Lipinski definition) is 1. The highest BCUT2D eigenvalue weighted by molar-refractivity contribution is 7.89. The minimum Gasteiger partial charge on any atom is -0.480 e. The van der Waals surface area contributed by atoms with Crippen LogP contribution in [-0.2, 0) is 14.8 Å². The first-order valence-electron chi connectivity index (χ1n) is 6.76. The van der Waals surface area contributed by atoms with Crippen LogP contribution < -0.4 is 0 Å². The lowest BCUT2D eigenvalue weighted by Crippen LogP contribution is -2.52. The SMILES string of the molecule is CCC[C@@]1(C(=O)O)CCCN1S(=O)(=O)c1ccccc1. The summed E-state index contributed by atoms with van der Waals surface area (Å²) in [7, 11) is -3.76. The van der Waals surface area contributed by atoms with Gasteiger partial charge in [-0.05, 0) is 31.4 Å². The van der Waals surface area contributed by atoms with Crippen molar-refractivity contribution in [1.29, 1.82) is 0 Å². The lowest BCUT2D eigenvalue weighted by atomic mass is 9.92. The fraction of sp³-hybridized carbons (Fsp3) is 0.500. The molecule has 0 radical (unpaired) electrons. The van der Waals surface area contributed by atoms with Crippen molar-refractivity contribution in [2.45, 2.75) is 43.0 Å². The number of carboxylic acids is 1. The van der Waals surface area contributed by atoms with Crippen molar-refractivity contribution in [3.8, 4) is 0 Å². The Labute approximate surface area is 119 Å². The van der Waals surface area contributed by atoms with E-state index in [1.807, 2.05) is 6.92 Å². The Morgan fingerprint density at radius 3 is 2.55 bits per heavy atom. The minimum atomic E-state index is -3.76. The highest BCUT2D eigenvalue weighted by Gasteiger charge is 2.52. The van der Waals surface area contributed by atoms with Crippen LogP contribution in [0.3, 0.4) is 0 Å². The quantitative estimate of drug-likeness (QED) is 0.903. The molecule has 1 fully saturated rings. The fourth-order valence-electron chi connectivity index (χ4n) is 2.91. The zero-order valence-electron chi connectivity index (χ0n) is 11.4. The van der Waals surface area contributed by atoms with E-state index in [1.54, 1.807) is 18.2 Å². The molecule has 1 atom stereocenters. The standard InChI is InChI=1S/C14H19NO4S/c1-2-9-14(13(16)17)10-6-11-15(14)20(18,19)12-7-4-3-5-8-12/h3-5,7-8H,2,6,9-11H2,1H3,(H,16,17)/t14-/m0/s1. The lowest BCUT2D eigenvalue weighted by Gasteiger charge is -2.33. The maximum Gasteiger partial charge on any atom is 0.325 e. The first-order valence-corrected chi connectivity index (χ1v) is 8.20. The Balaban J connectivity index is 2.47. The summed E-state index contributed by atoms with van der Waals surface area (Å²) in [6, 6.07) is 8.04. The number of sulfonamides is 1. The van der Waals surface area contributed by atoms with E-state index in [4.69, 9.17) is 0 Å². The lowest BCUT2D eigenvalue weighted by molar-refractivity contribution is -0.147. The molecule has 110 valence electrons. The smallest absolute Gasteiger partial charge is 0.325 e. The largest absolute Gasteiger partial charge is 0.480 e. The van der Waals surface area contributed by atoms with Gasteiger partial charge in [-0.3, -0.25) is 4.79 Å². The van der Waals surface area contributed by atoms with Gasteiger partial charge in [0.2, 0.25) is 10.0 Å². The molecule has 1 aliphatic rings. The second-order valence-electron chi connectivity index (χ2n) is 5.08. The second-order valence-corrected chi connectivity index (χ2v) is 6.94. The summed E-state index contributed by atoms with van der Waals surface area (Å²) in [6.07, 6.45) is 1.93. The summed E-state index contributed by atoms with van der Waals surface area (Å²) < 4.78 is 26.6. The molecule has 0 aliphatic carbocycles.